The molecule has 0 unspecified atom stereocenters. The fourth-order valence-electron chi connectivity index (χ4n) is 3.81. The molecule has 3 aromatic carbocycles. The van der Waals surface area contributed by atoms with Crippen molar-refractivity contribution in [3.05, 3.63) is 89.5 Å². The third-order valence-corrected chi connectivity index (χ3v) is 5.00. The molecule has 0 amide bonds. The number of hydrogen-bond acceptors (Lipinski definition) is 3. The molecule has 3 nitrogen and oxygen atoms in total. The van der Waals surface area contributed by atoms with E-state index in [1.807, 2.05) is 0 Å². The van der Waals surface area contributed by atoms with Crippen molar-refractivity contribution >= 4 is 23.1 Å². The van der Waals surface area contributed by atoms with E-state index in [1.54, 1.807) is 21.3 Å². The maximum absolute atomic E-state index is 5.50. The predicted octanol–water partition coefficient (Wildman–Crippen LogP) is 2.64. The van der Waals surface area contributed by atoms with Crippen LogP contribution in [0.3, 0.4) is 0 Å². The van der Waals surface area contributed by atoms with Crippen molar-refractivity contribution in [3.63, 3.8) is 0 Å². The Hall–Kier alpha value is -2.40. The highest BCUT2D eigenvalue weighted by Gasteiger charge is 2.28. The number of hydrogen-bond donors (Lipinski definition) is 0. The van der Waals surface area contributed by atoms with Gasteiger partial charge in [-0.05, 0) is 16.7 Å². The van der Waals surface area contributed by atoms with Crippen LogP contribution in [0.25, 0.3) is 0 Å². The minimum absolute atomic E-state index is 0.0732. The third kappa shape index (κ3) is 4.53. The van der Waals surface area contributed by atoms with Crippen LogP contribution in [-0.4, -0.2) is 28.0 Å². The quantitative estimate of drug-likeness (QED) is 0.539. The van der Waals surface area contributed by atoms with Crippen LogP contribution in [0.4, 0.5) is 0 Å². The Balaban J connectivity index is 2.25. The van der Waals surface area contributed by atoms with E-state index in [2.05, 4.69) is 72.8 Å². The molecule has 0 aliphatic rings. The fourth-order valence-corrected chi connectivity index (χ4v) is 3.81. The summed E-state index contributed by atoms with van der Waals surface area (Å²) in [6, 6.07) is 25.5. The Labute approximate surface area is 168 Å². The lowest BCUT2D eigenvalue weighted by Gasteiger charge is -2.23. The monoisotopic (exact) mass is 374 g/mol. The normalized spacial score (nSPS) is 10.8. The van der Waals surface area contributed by atoms with Gasteiger partial charge in [-0.3, -0.25) is 0 Å². The van der Waals surface area contributed by atoms with Gasteiger partial charge in [-0.15, -0.1) is 0 Å². The molecular formula is C24H27BO3. The van der Waals surface area contributed by atoms with E-state index < -0.39 is 0 Å². The highest BCUT2D eigenvalue weighted by Crippen LogP contribution is 2.09. The summed E-state index contributed by atoms with van der Waals surface area (Å²) in [6.45, 7) is 1.80. The molecule has 0 atom stereocenters. The zero-order chi connectivity index (χ0) is 19.8. The van der Waals surface area contributed by atoms with Crippen molar-refractivity contribution in [2.45, 2.75) is 19.8 Å². The highest BCUT2D eigenvalue weighted by molar-refractivity contribution is 6.96. The third-order valence-electron chi connectivity index (χ3n) is 5.00. The van der Waals surface area contributed by atoms with Crippen LogP contribution in [0.15, 0.2) is 72.8 Å². The average Bonchev–Trinajstić information content (AvgIpc) is 2.72. The summed E-state index contributed by atoms with van der Waals surface area (Å²) in [6.07, 6.45) is 0. The van der Waals surface area contributed by atoms with Crippen molar-refractivity contribution in [1.29, 1.82) is 0 Å². The number of methoxy groups -OCH3 is 3. The highest BCUT2D eigenvalue weighted by atomic mass is 16.5. The molecule has 0 aliphatic heterocycles. The second-order valence-corrected chi connectivity index (χ2v) is 6.83. The molecule has 0 saturated carbocycles. The van der Waals surface area contributed by atoms with Crippen LogP contribution >= 0.6 is 0 Å². The first kappa shape index (κ1) is 20.3. The van der Waals surface area contributed by atoms with Gasteiger partial charge in [0, 0.05) is 21.3 Å². The molecule has 0 fully saturated rings. The molecule has 144 valence electrons. The van der Waals surface area contributed by atoms with Crippen molar-refractivity contribution in [1.82, 2.24) is 0 Å². The van der Waals surface area contributed by atoms with Crippen LogP contribution < -0.4 is 16.4 Å². The second kappa shape index (κ2) is 10.2. The van der Waals surface area contributed by atoms with Gasteiger partial charge in [0.15, 0.2) is 0 Å². The van der Waals surface area contributed by atoms with E-state index in [9.17, 15) is 0 Å². The van der Waals surface area contributed by atoms with Gasteiger partial charge in [0.1, 0.15) is 0 Å². The molecule has 4 heteroatoms. The molecule has 0 N–H and O–H groups in total. The summed E-state index contributed by atoms with van der Waals surface area (Å²) in [5.74, 6) is 0. The molecule has 3 rings (SSSR count). The van der Waals surface area contributed by atoms with E-state index in [-0.39, 0.29) is 6.71 Å². The molecule has 3 aromatic rings. The van der Waals surface area contributed by atoms with Crippen LogP contribution in [0, 0.1) is 0 Å². The molecule has 0 spiro atoms. The minimum Gasteiger partial charge on any atom is -0.380 e. The van der Waals surface area contributed by atoms with Gasteiger partial charge in [0.25, 0.3) is 0 Å². The second-order valence-electron chi connectivity index (χ2n) is 6.83. The van der Waals surface area contributed by atoms with Gasteiger partial charge in [-0.25, -0.2) is 0 Å². The molecule has 0 aliphatic carbocycles. The summed E-state index contributed by atoms with van der Waals surface area (Å²) in [5, 5.41) is 0. The van der Waals surface area contributed by atoms with Crippen molar-refractivity contribution in [2.24, 2.45) is 0 Å². The Morgan fingerprint density at radius 2 is 0.786 bits per heavy atom. The van der Waals surface area contributed by atoms with Crippen molar-refractivity contribution in [3.8, 4) is 0 Å². The van der Waals surface area contributed by atoms with Gasteiger partial charge in [-0.2, -0.15) is 0 Å². The van der Waals surface area contributed by atoms with Gasteiger partial charge in [-0.1, -0.05) is 89.2 Å². The zero-order valence-corrected chi connectivity index (χ0v) is 16.9. The molecular weight excluding hydrogens is 347 g/mol. The van der Waals surface area contributed by atoms with Gasteiger partial charge in [0.2, 0.25) is 6.71 Å². The largest absolute Gasteiger partial charge is 0.380 e. The number of ether oxygens (including phenoxy) is 3. The van der Waals surface area contributed by atoms with Crippen LogP contribution in [-0.2, 0) is 34.0 Å². The fraction of sp³-hybridized carbons (Fsp3) is 0.250. The predicted molar refractivity (Wildman–Crippen MR) is 116 cm³/mol. The molecule has 0 heterocycles. The van der Waals surface area contributed by atoms with Crippen LogP contribution in [0.5, 0.6) is 0 Å². The number of rotatable bonds is 9. The summed E-state index contributed by atoms with van der Waals surface area (Å²) in [5.41, 5.74) is 7.31. The lowest BCUT2D eigenvalue weighted by molar-refractivity contribution is 0.185. The Morgan fingerprint density at radius 3 is 1.07 bits per heavy atom. The number of benzene rings is 3. The SMILES string of the molecule is COCc1ccccc1B(c1ccccc1COC)c1ccccc1COC. The Kier molecular flexibility index (Phi) is 7.43. The first-order valence-electron chi connectivity index (χ1n) is 9.50. The van der Waals surface area contributed by atoms with E-state index in [4.69, 9.17) is 14.2 Å². The summed E-state index contributed by atoms with van der Waals surface area (Å²) in [4.78, 5) is 0. The van der Waals surface area contributed by atoms with E-state index in [0.717, 1.165) is 0 Å². The maximum Gasteiger partial charge on any atom is 0.242 e. The summed E-state index contributed by atoms with van der Waals surface area (Å²) >= 11 is 0. The van der Waals surface area contributed by atoms with Gasteiger partial charge in [0.05, 0.1) is 19.8 Å². The van der Waals surface area contributed by atoms with Gasteiger partial charge >= 0.3 is 0 Å². The Morgan fingerprint density at radius 1 is 0.500 bits per heavy atom. The van der Waals surface area contributed by atoms with E-state index >= 15 is 0 Å². The lowest BCUT2D eigenvalue weighted by atomic mass is 9.35. The molecule has 0 saturated heterocycles. The standard InChI is InChI=1S/C24H27BO3/c1-26-16-19-10-4-7-13-22(19)25(23-14-8-5-11-20(23)17-27-2)24-15-9-6-12-21(24)18-28-3/h4-15H,16-18H2,1-3H3. The van der Waals surface area contributed by atoms with Crippen molar-refractivity contribution < 1.29 is 14.2 Å². The smallest absolute Gasteiger partial charge is 0.242 e. The van der Waals surface area contributed by atoms with Crippen LogP contribution in [0.2, 0.25) is 0 Å². The average molecular weight is 374 g/mol. The maximum atomic E-state index is 5.50. The summed E-state index contributed by atoms with van der Waals surface area (Å²) < 4.78 is 16.5. The van der Waals surface area contributed by atoms with Crippen molar-refractivity contribution in [2.75, 3.05) is 21.3 Å². The van der Waals surface area contributed by atoms with E-state index in [0.29, 0.717) is 19.8 Å². The molecule has 0 radical (unpaired) electrons. The molecule has 0 aromatic heterocycles. The van der Waals surface area contributed by atoms with E-state index in [1.165, 1.54) is 33.1 Å². The Bertz CT molecular complexity index is 777. The lowest BCUT2D eigenvalue weighted by Crippen LogP contribution is -2.55. The first-order chi connectivity index (χ1) is 13.8. The zero-order valence-electron chi connectivity index (χ0n) is 16.9. The van der Waals surface area contributed by atoms with Crippen LogP contribution in [0.1, 0.15) is 16.7 Å². The van der Waals surface area contributed by atoms with Gasteiger partial charge < -0.3 is 14.2 Å². The first-order valence-corrected chi connectivity index (χ1v) is 9.50. The topological polar surface area (TPSA) is 27.7 Å². The summed E-state index contributed by atoms with van der Waals surface area (Å²) in [7, 11) is 5.22. The molecule has 0 bridgehead atoms. The minimum atomic E-state index is 0.0732. The molecule has 28 heavy (non-hydrogen) atoms.